The standard InChI is InChI=1S/C11H14N4S2/c1-2-15-10(12-13-11(15)16)14-5-3-9-8(7-14)4-6-17-9/h4,6H,2-3,5,7H2,1H3,(H,13,16). The van der Waals surface area contributed by atoms with Gasteiger partial charge in [-0.25, -0.2) is 5.10 Å². The summed E-state index contributed by atoms with van der Waals surface area (Å²) in [4.78, 5) is 3.81. The van der Waals surface area contributed by atoms with Crippen molar-refractivity contribution in [2.45, 2.75) is 26.4 Å². The second-order valence-electron chi connectivity index (χ2n) is 4.11. The number of rotatable bonds is 2. The van der Waals surface area contributed by atoms with E-state index in [4.69, 9.17) is 12.2 Å². The highest BCUT2D eigenvalue weighted by molar-refractivity contribution is 7.71. The Morgan fingerprint density at radius 1 is 1.59 bits per heavy atom. The molecule has 0 spiro atoms. The molecule has 1 N–H and O–H groups in total. The zero-order chi connectivity index (χ0) is 11.8. The quantitative estimate of drug-likeness (QED) is 0.849. The van der Waals surface area contributed by atoms with E-state index in [1.165, 1.54) is 10.4 Å². The van der Waals surface area contributed by atoms with Gasteiger partial charge in [-0.2, -0.15) is 0 Å². The fourth-order valence-corrected chi connectivity index (χ4v) is 3.40. The molecule has 0 unspecified atom stereocenters. The van der Waals surface area contributed by atoms with Crippen LogP contribution in [0.1, 0.15) is 17.4 Å². The Bertz CT molecular complexity index is 580. The highest BCUT2D eigenvalue weighted by Crippen LogP contribution is 2.26. The molecule has 6 heteroatoms. The molecule has 0 saturated carbocycles. The summed E-state index contributed by atoms with van der Waals surface area (Å²) in [6.07, 6.45) is 1.11. The monoisotopic (exact) mass is 266 g/mol. The van der Waals surface area contributed by atoms with Crippen LogP contribution in [0, 0.1) is 4.77 Å². The molecule has 0 aliphatic carbocycles. The number of aromatic nitrogens is 3. The number of hydrogen-bond donors (Lipinski definition) is 1. The van der Waals surface area contributed by atoms with Crippen molar-refractivity contribution >= 4 is 29.5 Å². The van der Waals surface area contributed by atoms with Gasteiger partial charge in [-0.3, -0.25) is 4.57 Å². The predicted molar refractivity (Wildman–Crippen MR) is 72.2 cm³/mol. The Balaban J connectivity index is 1.94. The summed E-state index contributed by atoms with van der Waals surface area (Å²) in [5.74, 6) is 0.967. The van der Waals surface area contributed by atoms with Gasteiger partial charge in [0.05, 0.1) is 0 Å². The lowest BCUT2D eigenvalue weighted by Crippen LogP contribution is -2.31. The third-order valence-electron chi connectivity index (χ3n) is 3.14. The van der Waals surface area contributed by atoms with E-state index in [1.54, 1.807) is 0 Å². The number of fused-ring (bicyclic) bond motifs is 1. The predicted octanol–water partition coefficient (Wildman–Crippen LogP) is 2.58. The number of H-pyrrole nitrogens is 1. The first kappa shape index (κ1) is 11.0. The molecule has 0 aromatic carbocycles. The molecule has 1 aliphatic heterocycles. The van der Waals surface area contributed by atoms with Gasteiger partial charge in [0.1, 0.15) is 0 Å². The largest absolute Gasteiger partial charge is 0.336 e. The SMILES string of the molecule is CCn1c(N2CCc3sccc3C2)n[nH]c1=S. The minimum Gasteiger partial charge on any atom is -0.336 e. The Morgan fingerprint density at radius 3 is 3.29 bits per heavy atom. The summed E-state index contributed by atoms with van der Waals surface area (Å²) in [6.45, 7) is 4.91. The highest BCUT2D eigenvalue weighted by atomic mass is 32.1. The van der Waals surface area contributed by atoms with Crippen LogP contribution in [-0.2, 0) is 19.5 Å². The summed E-state index contributed by atoms with van der Waals surface area (Å²) >= 11 is 7.08. The van der Waals surface area contributed by atoms with Crippen molar-refractivity contribution in [2.24, 2.45) is 0 Å². The van der Waals surface area contributed by atoms with E-state index in [2.05, 4.69) is 33.5 Å². The van der Waals surface area contributed by atoms with E-state index in [-0.39, 0.29) is 0 Å². The average molecular weight is 266 g/mol. The first-order valence-electron chi connectivity index (χ1n) is 5.75. The van der Waals surface area contributed by atoms with Crippen LogP contribution in [0.15, 0.2) is 11.4 Å². The zero-order valence-electron chi connectivity index (χ0n) is 9.64. The van der Waals surface area contributed by atoms with Gasteiger partial charge >= 0.3 is 0 Å². The van der Waals surface area contributed by atoms with Gasteiger partial charge < -0.3 is 4.90 Å². The summed E-state index contributed by atoms with van der Waals surface area (Å²) < 4.78 is 2.76. The van der Waals surface area contributed by atoms with Crippen LogP contribution in [0.5, 0.6) is 0 Å². The molecule has 0 saturated heterocycles. The van der Waals surface area contributed by atoms with E-state index in [0.717, 1.165) is 32.0 Å². The van der Waals surface area contributed by atoms with Crippen molar-refractivity contribution in [1.29, 1.82) is 0 Å². The number of nitrogens with zero attached hydrogens (tertiary/aromatic N) is 3. The molecule has 0 fully saturated rings. The minimum atomic E-state index is 0.707. The van der Waals surface area contributed by atoms with Crippen LogP contribution in [0.2, 0.25) is 0 Å². The second-order valence-corrected chi connectivity index (χ2v) is 5.50. The number of hydrogen-bond acceptors (Lipinski definition) is 4. The molecule has 3 rings (SSSR count). The van der Waals surface area contributed by atoms with Crippen molar-refractivity contribution in [1.82, 2.24) is 14.8 Å². The molecule has 17 heavy (non-hydrogen) atoms. The lowest BCUT2D eigenvalue weighted by Gasteiger charge is -2.27. The van der Waals surface area contributed by atoms with Gasteiger partial charge in [-0.1, -0.05) is 0 Å². The van der Waals surface area contributed by atoms with Gasteiger partial charge in [0.2, 0.25) is 5.95 Å². The van der Waals surface area contributed by atoms with Crippen LogP contribution >= 0.6 is 23.6 Å². The Kier molecular flexibility index (Phi) is 2.76. The fraction of sp³-hybridized carbons (Fsp3) is 0.455. The number of nitrogens with one attached hydrogen (secondary N) is 1. The average Bonchev–Trinajstić information content (AvgIpc) is 2.93. The third kappa shape index (κ3) is 1.81. The Morgan fingerprint density at radius 2 is 2.47 bits per heavy atom. The highest BCUT2D eigenvalue weighted by Gasteiger charge is 2.21. The van der Waals surface area contributed by atoms with E-state index >= 15 is 0 Å². The lowest BCUT2D eigenvalue weighted by atomic mass is 10.1. The van der Waals surface area contributed by atoms with Gasteiger partial charge in [0.15, 0.2) is 4.77 Å². The van der Waals surface area contributed by atoms with Crippen molar-refractivity contribution in [3.05, 3.63) is 26.7 Å². The normalized spacial score (nSPS) is 15.0. The molecule has 3 heterocycles. The molecule has 0 radical (unpaired) electrons. The molecule has 0 atom stereocenters. The van der Waals surface area contributed by atoms with Gasteiger partial charge in [-0.15, -0.1) is 16.4 Å². The van der Waals surface area contributed by atoms with Gasteiger partial charge in [-0.05, 0) is 42.6 Å². The van der Waals surface area contributed by atoms with E-state index < -0.39 is 0 Å². The fourth-order valence-electron chi connectivity index (χ4n) is 2.25. The van der Waals surface area contributed by atoms with Crippen molar-refractivity contribution in [2.75, 3.05) is 11.4 Å². The van der Waals surface area contributed by atoms with E-state index in [0.29, 0.717) is 4.77 Å². The molecule has 90 valence electrons. The number of anilines is 1. The maximum absolute atomic E-state index is 5.22. The van der Waals surface area contributed by atoms with Crippen LogP contribution in [-0.4, -0.2) is 21.3 Å². The van der Waals surface area contributed by atoms with Gasteiger partial charge in [0, 0.05) is 24.5 Å². The summed E-state index contributed by atoms with van der Waals surface area (Å²) in [5, 5.41) is 9.39. The zero-order valence-corrected chi connectivity index (χ0v) is 11.3. The first-order chi connectivity index (χ1) is 8.29. The minimum absolute atomic E-state index is 0.707. The summed E-state index contributed by atoms with van der Waals surface area (Å²) in [6, 6.07) is 2.21. The van der Waals surface area contributed by atoms with Crippen molar-refractivity contribution in [3.63, 3.8) is 0 Å². The Hall–Kier alpha value is -1.14. The Labute approximate surface area is 109 Å². The lowest BCUT2D eigenvalue weighted by molar-refractivity contribution is 0.663. The second kappa shape index (κ2) is 4.27. The molecule has 0 bridgehead atoms. The van der Waals surface area contributed by atoms with Crippen LogP contribution in [0.3, 0.4) is 0 Å². The van der Waals surface area contributed by atoms with Crippen LogP contribution in [0.25, 0.3) is 0 Å². The third-order valence-corrected chi connectivity index (χ3v) is 4.48. The molecular weight excluding hydrogens is 252 g/mol. The molecule has 0 amide bonds. The van der Waals surface area contributed by atoms with Crippen LogP contribution in [0.4, 0.5) is 5.95 Å². The maximum Gasteiger partial charge on any atom is 0.226 e. The number of aromatic amines is 1. The van der Waals surface area contributed by atoms with Crippen LogP contribution < -0.4 is 4.90 Å². The first-order valence-corrected chi connectivity index (χ1v) is 7.03. The number of thiophene rings is 1. The molecule has 1 aliphatic rings. The van der Waals surface area contributed by atoms with E-state index in [9.17, 15) is 0 Å². The maximum atomic E-state index is 5.22. The molecule has 2 aromatic rings. The summed E-state index contributed by atoms with van der Waals surface area (Å²) in [7, 11) is 0. The van der Waals surface area contributed by atoms with E-state index in [1.807, 2.05) is 15.9 Å². The van der Waals surface area contributed by atoms with Crippen molar-refractivity contribution < 1.29 is 0 Å². The molecule has 4 nitrogen and oxygen atoms in total. The summed E-state index contributed by atoms with van der Waals surface area (Å²) in [5.41, 5.74) is 1.43. The molecular formula is C11H14N4S2. The smallest absolute Gasteiger partial charge is 0.226 e. The van der Waals surface area contributed by atoms with Crippen molar-refractivity contribution in [3.8, 4) is 0 Å². The van der Waals surface area contributed by atoms with Gasteiger partial charge in [0.25, 0.3) is 0 Å². The topological polar surface area (TPSA) is 36.9 Å². The molecule has 2 aromatic heterocycles.